The summed E-state index contributed by atoms with van der Waals surface area (Å²) in [7, 11) is 0. The molecule has 5 nitrogen and oxygen atoms in total. The molecule has 1 N–H and O–H groups in total. The number of benzene rings is 2. The minimum absolute atomic E-state index is 0.169. The van der Waals surface area contributed by atoms with Gasteiger partial charge in [-0.1, -0.05) is 30.3 Å². The number of fused-ring (bicyclic) bond motifs is 3. The van der Waals surface area contributed by atoms with Crippen molar-refractivity contribution in [2.24, 2.45) is 10.2 Å². The smallest absolute Gasteiger partial charge is 0.284 e. The van der Waals surface area contributed by atoms with Gasteiger partial charge in [-0.3, -0.25) is 9.20 Å². The van der Waals surface area contributed by atoms with E-state index < -0.39 is 0 Å². The number of hydrogen-bond donors (Lipinski definition) is 1. The number of para-hydroxylation sites is 2. The predicted molar refractivity (Wildman–Crippen MR) is 90.9 cm³/mol. The first kappa shape index (κ1) is 13.5. The summed E-state index contributed by atoms with van der Waals surface area (Å²) in [5.41, 5.74) is 4.21. The van der Waals surface area contributed by atoms with E-state index in [2.05, 4.69) is 15.2 Å². The molecule has 0 aliphatic rings. The minimum atomic E-state index is -0.169. The van der Waals surface area contributed by atoms with Gasteiger partial charge in [-0.25, -0.2) is 0 Å². The number of nitrogens with zero attached hydrogens (tertiary/aromatic N) is 3. The number of rotatable bonds is 2. The number of pyridine rings is 1. The Bertz CT molecular complexity index is 1090. The van der Waals surface area contributed by atoms with E-state index in [0.717, 1.165) is 27.9 Å². The topological polar surface area (TPSA) is 62.0 Å². The Labute approximate surface area is 131 Å². The van der Waals surface area contributed by atoms with Gasteiger partial charge in [0, 0.05) is 0 Å². The lowest BCUT2D eigenvalue weighted by molar-refractivity contribution is 1.09. The lowest BCUT2D eigenvalue weighted by Crippen LogP contribution is -2.12. The second-order valence-corrected chi connectivity index (χ2v) is 5.38. The molecule has 0 spiro atoms. The van der Waals surface area contributed by atoms with Crippen molar-refractivity contribution in [1.82, 2.24) is 9.38 Å². The van der Waals surface area contributed by atoms with Crippen molar-refractivity contribution in [1.29, 1.82) is 0 Å². The Balaban J connectivity index is 1.95. The molecule has 4 aromatic rings. The number of aryl methyl sites for hydroxylation is 1. The summed E-state index contributed by atoms with van der Waals surface area (Å²) in [6, 6.07) is 19.0. The second-order valence-electron chi connectivity index (χ2n) is 5.38. The molecule has 0 aliphatic carbocycles. The molecule has 0 saturated heterocycles. The molecular weight excluding hydrogens is 288 g/mol. The maximum Gasteiger partial charge on any atom is 0.284 e. The maximum absolute atomic E-state index is 12.8. The average molecular weight is 302 g/mol. The van der Waals surface area contributed by atoms with E-state index in [9.17, 15) is 4.79 Å². The molecule has 0 saturated carbocycles. The summed E-state index contributed by atoms with van der Waals surface area (Å²) in [5.74, 6) is 0. The quantitative estimate of drug-likeness (QED) is 0.544. The zero-order valence-corrected chi connectivity index (χ0v) is 12.5. The zero-order chi connectivity index (χ0) is 15.8. The molecule has 4 rings (SSSR count). The van der Waals surface area contributed by atoms with Gasteiger partial charge in [0.05, 0.1) is 16.7 Å². The highest BCUT2D eigenvalue weighted by Gasteiger charge is 2.11. The monoisotopic (exact) mass is 302 g/mol. The van der Waals surface area contributed by atoms with E-state index in [1.807, 2.05) is 67.6 Å². The average Bonchev–Trinajstić information content (AvgIpc) is 2.93. The van der Waals surface area contributed by atoms with Crippen LogP contribution in [-0.2, 0) is 0 Å². The van der Waals surface area contributed by atoms with Crippen LogP contribution < -0.4 is 5.56 Å². The number of aromatic nitrogens is 2. The van der Waals surface area contributed by atoms with Crippen LogP contribution in [0.2, 0.25) is 0 Å². The third-order valence-corrected chi connectivity index (χ3v) is 3.80. The van der Waals surface area contributed by atoms with Crippen molar-refractivity contribution in [3.8, 4) is 0 Å². The van der Waals surface area contributed by atoms with E-state index >= 15 is 0 Å². The van der Waals surface area contributed by atoms with Gasteiger partial charge < -0.3 is 4.98 Å². The summed E-state index contributed by atoms with van der Waals surface area (Å²) in [6.07, 6.45) is 0. The summed E-state index contributed by atoms with van der Waals surface area (Å²) in [4.78, 5) is 16.1. The molecule has 0 unspecified atom stereocenters. The highest BCUT2D eigenvalue weighted by molar-refractivity contribution is 5.81. The third-order valence-electron chi connectivity index (χ3n) is 3.80. The standard InChI is InChI=1S/C18H14N4O/c1-12-11-16-19-14-9-5-6-10-15(14)22(16)18(23)17(12)21-20-13-7-3-2-4-8-13/h2-11,19H,1H3. The molecular formula is C18H14N4O. The molecule has 0 aliphatic heterocycles. The highest BCUT2D eigenvalue weighted by atomic mass is 16.1. The van der Waals surface area contributed by atoms with Crippen LogP contribution in [0.4, 0.5) is 11.4 Å². The number of aromatic amines is 1. The van der Waals surface area contributed by atoms with Crippen molar-refractivity contribution >= 4 is 28.1 Å². The third kappa shape index (κ3) is 2.23. The van der Waals surface area contributed by atoms with Crippen LogP contribution in [0.25, 0.3) is 16.7 Å². The summed E-state index contributed by atoms with van der Waals surface area (Å²) >= 11 is 0. The summed E-state index contributed by atoms with van der Waals surface area (Å²) in [6.45, 7) is 1.87. The normalized spacial score (nSPS) is 11.7. The number of H-pyrrole nitrogens is 1. The fourth-order valence-electron chi connectivity index (χ4n) is 2.69. The van der Waals surface area contributed by atoms with Crippen LogP contribution in [0.15, 0.2) is 75.7 Å². The zero-order valence-electron chi connectivity index (χ0n) is 12.5. The van der Waals surface area contributed by atoms with Gasteiger partial charge in [0.1, 0.15) is 5.65 Å². The number of nitrogens with one attached hydrogen (secondary N) is 1. The van der Waals surface area contributed by atoms with Crippen molar-refractivity contribution < 1.29 is 0 Å². The Morgan fingerprint density at radius 3 is 2.52 bits per heavy atom. The predicted octanol–water partition coefficient (Wildman–Crippen LogP) is 4.50. The molecule has 2 heterocycles. The van der Waals surface area contributed by atoms with Crippen molar-refractivity contribution in [2.45, 2.75) is 6.92 Å². The van der Waals surface area contributed by atoms with Gasteiger partial charge >= 0.3 is 0 Å². The van der Waals surface area contributed by atoms with Crippen LogP contribution in [-0.4, -0.2) is 9.38 Å². The van der Waals surface area contributed by atoms with Crippen molar-refractivity contribution in [2.75, 3.05) is 0 Å². The second kappa shape index (κ2) is 5.21. The first-order valence-corrected chi connectivity index (χ1v) is 7.34. The summed E-state index contributed by atoms with van der Waals surface area (Å²) in [5, 5.41) is 8.36. The number of imidazole rings is 1. The van der Waals surface area contributed by atoms with Crippen LogP contribution in [0.3, 0.4) is 0 Å². The molecule has 0 amide bonds. The molecule has 5 heteroatoms. The van der Waals surface area contributed by atoms with Gasteiger partial charge in [-0.05, 0) is 42.8 Å². The Kier molecular flexibility index (Phi) is 3.05. The van der Waals surface area contributed by atoms with Gasteiger partial charge in [0.2, 0.25) is 0 Å². The fourth-order valence-corrected chi connectivity index (χ4v) is 2.69. The van der Waals surface area contributed by atoms with Crippen LogP contribution in [0, 0.1) is 6.92 Å². The van der Waals surface area contributed by atoms with Crippen LogP contribution in [0.5, 0.6) is 0 Å². The van der Waals surface area contributed by atoms with Gasteiger partial charge in [0.25, 0.3) is 5.56 Å². The van der Waals surface area contributed by atoms with E-state index in [0.29, 0.717) is 5.69 Å². The first-order valence-electron chi connectivity index (χ1n) is 7.34. The Morgan fingerprint density at radius 1 is 0.957 bits per heavy atom. The number of azo groups is 1. The molecule has 23 heavy (non-hydrogen) atoms. The van der Waals surface area contributed by atoms with Crippen molar-refractivity contribution in [3.05, 3.63) is 76.6 Å². The van der Waals surface area contributed by atoms with Crippen molar-refractivity contribution in [3.63, 3.8) is 0 Å². The van der Waals surface area contributed by atoms with Gasteiger partial charge in [-0.2, -0.15) is 5.11 Å². The van der Waals surface area contributed by atoms with E-state index in [-0.39, 0.29) is 5.56 Å². The largest absolute Gasteiger partial charge is 0.340 e. The molecule has 2 aromatic carbocycles. The molecule has 112 valence electrons. The first-order chi connectivity index (χ1) is 11.2. The van der Waals surface area contributed by atoms with E-state index in [4.69, 9.17) is 0 Å². The summed E-state index contributed by atoms with van der Waals surface area (Å²) < 4.78 is 1.64. The molecule has 0 atom stereocenters. The Morgan fingerprint density at radius 2 is 1.70 bits per heavy atom. The molecule has 0 fully saturated rings. The maximum atomic E-state index is 12.8. The highest BCUT2D eigenvalue weighted by Crippen LogP contribution is 2.22. The van der Waals surface area contributed by atoms with E-state index in [1.54, 1.807) is 4.40 Å². The fraction of sp³-hybridized carbons (Fsp3) is 0.0556. The minimum Gasteiger partial charge on any atom is -0.340 e. The van der Waals surface area contributed by atoms with E-state index in [1.165, 1.54) is 0 Å². The number of hydrogen-bond acceptors (Lipinski definition) is 3. The molecule has 2 aromatic heterocycles. The van der Waals surface area contributed by atoms with Crippen LogP contribution >= 0.6 is 0 Å². The molecule has 0 bridgehead atoms. The SMILES string of the molecule is Cc1cc2[nH]c3ccccc3n2c(=O)c1N=Nc1ccccc1. The van der Waals surface area contributed by atoms with Crippen LogP contribution in [0.1, 0.15) is 5.56 Å². The Hall–Kier alpha value is -3.21. The van der Waals surface area contributed by atoms with Gasteiger partial charge in [0.15, 0.2) is 5.69 Å². The molecule has 0 radical (unpaired) electrons. The van der Waals surface area contributed by atoms with Gasteiger partial charge in [-0.15, -0.1) is 5.11 Å². The lowest BCUT2D eigenvalue weighted by Gasteiger charge is -2.01. The lowest BCUT2D eigenvalue weighted by atomic mass is 10.2.